The first kappa shape index (κ1) is 21.0. The van der Waals surface area contributed by atoms with E-state index < -0.39 is 16.1 Å². The minimum atomic E-state index is -3.51. The fourth-order valence-electron chi connectivity index (χ4n) is 4.01. The van der Waals surface area contributed by atoms with Crippen LogP contribution in [-0.2, 0) is 10.0 Å². The van der Waals surface area contributed by atoms with E-state index in [0.717, 1.165) is 27.8 Å². The molecular formula is C22H31N2O3S+. The van der Waals surface area contributed by atoms with Gasteiger partial charge < -0.3 is 10.0 Å². The molecule has 152 valence electrons. The summed E-state index contributed by atoms with van der Waals surface area (Å²) < 4.78 is 28.3. The molecule has 0 aromatic heterocycles. The lowest BCUT2D eigenvalue weighted by atomic mass is 10.0. The Labute approximate surface area is 168 Å². The van der Waals surface area contributed by atoms with Crippen LogP contribution in [0.1, 0.15) is 33.9 Å². The van der Waals surface area contributed by atoms with E-state index in [0.29, 0.717) is 37.6 Å². The molecule has 28 heavy (non-hydrogen) atoms. The molecule has 2 N–H and O–H groups in total. The van der Waals surface area contributed by atoms with Crippen LogP contribution >= 0.6 is 0 Å². The molecule has 1 atom stereocenters. The van der Waals surface area contributed by atoms with Gasteiger partial charge in [0.05, 0.1) is 31.1 Å². The molecule has 1 aliphatic heterocycles. The molecule has 2 aromatic rings. The van der Waals surface area contributed by atoms with Crippen LogP contribution in [0.15, 0.2) is 41.3 Å². The Morgan fingerprint density at radius 1 is 1.00 bits per heavy atom. The van der Waals surface area contributed by atoms with E-state index in [4.69, 9.17) is 0 Å². The molecule has 1 saturated heterocycles. The maximum absolute atomic E-state index is 13.4. The maximum atomic E-state index is 13.4. The van der Waals surface area contributed by atoms with Gasteiger partial charge in [0.2, 0.25) is 10.0 Å². The van der Waals surface area contributed by atoms with E-state index in [1.807, 2.05) is 58.0 Å². The fraction of sp³-hybridized carbons (Fsp3) is 0.455. The average molecular weight is 404 g/mol. The smallest absolute Gasteiger partial charge is 0.244 e. The number of nitrogens with zero attached hydrogens (tertiary/aromatic N) is 1. The second-order valence-electron chi connectivity index (χ2n) is 7.87. The molecule has 0 radical (unpaired) electrons. The van der Waals surface area contributed by atoms with Crippen LogP contribution in [0.3, 0.4) is 0 Å². The quantitative estimate of drug-likeness (QED) is 0.796. The highest BCUT2D eigenvalue weighted by molar-refractivity contribution is 7.89. The van der Waals surface area contributed by atoms with Gasteiger partial charge >= 0.3 is 0 Å². The molecule has 1 fully saturated rings. The number of aliphatic hydroxyl groups is 1. The molecule has 2 aromatic carbocycles. The van der Waals surface area contributed by atoms with Crippen molar-refractivity contribution in [2.45, 2.75) is 38.7 Å². The van der Waals surface area contributed by atoms with Crippen molar-refractivity contribution in [3.63, 3.8) is 0 Å². The van der Waals surface area contributed by atoms with Crippen molar-refractivity contribution < 1.29 is 18.4 Å². The van der Waals surface area contributed by atoms with Gasteiger partial charge in [-0.3, -0.25) is 0 Å². The second kappa shape index (κ2) is 8.33. The van der Waals surface area contributed by atoms with Crippen molar-refractivity contribution >= 4 is 10.0 Å². The van der Waals surface area contributed by atoms with Crippen LogP contribution < -0.4 is 4.90 Å². The number of nitrogens with one attached hydrogen (secondary N) is 1. The number of hydrogen-bond donors (Lipinski definition) is 2. The number of hydrogen-bond acceptors (Lipinski definition) is 3. The molecule has 0 aliphatic carbocycles. The summed E-state index contributed by atoms with van der Waals surface area (Å²) in [6.07, 6.45) is -0.525. The van der Waals surface area contributed by atoms with Gasteiger partial charge in [0.1, 0.15) is 12.6 Å². The summed E-state index contributed by atoms with van der Waals surface area (Å²) in [5.41, 5.74) is 4.62. The van der Waals surface area contributed by atoms with Crippen molar-refractivity contribution in [3.8, 4) is 0 Å². The molecule has 0 bridgehead atoms. The number of rotatable bonds is 5. The highest BCUT2D eigenvalue weighted by atomic mass is 32.2. The van der Waals surface area contributed by atoms with E-state index in [2.05, 4.69) is 6.07 Å². The number of benzene rings is 2. The summed E-state index contributed by atoms with van der Waals surface area (Å²) in [5, 5.41) is 10.5. The summed E-state index contributed by atoms with van der Waals surface area (Å²) in [5.74, 6) is 0. The number of sulfonamides is 1. The third-order valence-corrected chi connectivity index (χ3v) is 8.16. The van der Waals surface area contributed by atoms with Crippen molar-refractivity contribution in [1.29, 1.82) is 0 Å². The molecular weight excluding hydrogens is 372 g/mol. The highest BCUT2D eigenvalue weighted by Crippen LogP contribution is 2.28. The molecule has 5 nitrogen and oxygen atoms in total. The zero-order chi connectivity index (χ0) is 20.5. The van der Waals surface area contributed by atoms with E-state index >= 15 is 0 Å². The number of quaternary nitrogens is 1. The van der Waals surface area contributed by atoms with Gasteiger partial charge in [-0.15, -0.1) is 0 Å². The largest absolute Gasteiger partial charge is 0.382 e. The summed E-state index contributed by atoms with van der Waals surface area (Å²) >= 11 is 0. The monoisotopic (exact) mass is 403 g/mol. The van der Waals surface area contributed by atoms with E-state index in [1.54, 1.807) is 4.31 Å². The molecule has 0 unspecified atom stereocenters. The molecule has 0 saturated carbocycles. The van der Waals surface area contributed by atoms with Gasteiger partial charge in [0, 0.05) is 0 Å². The van der Waals surface area contributed by atoms with Gasteiger partial charge in [-0.2, -0.15) is 4.31 Å². The van der Waals surface area contributed by atoms with Gasteiger partial charge in [-0.25, -0.2) is 8.42 Å². The molecule has 6 heteroatoms. The lowest BCUT2D eigenvalue weighted by molar-refractivity contribution is -0.907. The number of aryl methyl sites for hydroxylation is 2. The van der Waals surface area contributed by atoms with Crippen molar-refractivity contribution in [1.82, 2.24) is 4.31 Å². The molecule has 0 amide bonds. The predicted molar refractivity (Wildman–Crippen MR) is 111 cm³/mol. The van der Waals surface area contributed by atoms with E-state index in [-0.39, 0.29) is 0 Å². The normalized spacial score (nSPS) is 17.6. The van der Waals surface area contributed by atoms with E-state index in [9.17, 15) is 13.5 Å². The Morgan fingerprint density at radius 3 is 2.07 bits per heavy atom. The Kier molecular flexibility index (Phi) is 6.25. The van der Waals surface area contributed by atoms with Crippen LogP contribution in [0.2, 0.25) is 0 Å². The van der Waals surface area contributed by atoms with Crippen LogP contribution in [0, 0.1) is 27.7 Å². The standard InChI is InChI=1S/C22H30N2O3S/c1-16-14-17(2)19(4)22(18(16)3)28(26,27)24-12-10-23(11-13-24)15-21(25)20-8-6-5-7-9-20/h5-9,14,21,25H,10-13,15H2,1-4H3/p+1/t21-/m0/s1. The number of aliphatic hydroxyl groups excluding tert-OH is 1. The predicted octanol–water partition coefficient (Wildman–Crippen LogP) is 1.54. The van der Waals surface area contributed by atoms with Crippen molar-refractivity contribution in [2.24, 2.45) is 0 Å². The molecule has 3 rings (SSSR count). The van der Waals surface area contributed by atoms with Crippen molar-refractivity contribution in [3.05, 3.63) is 64.2 Å². The van der Waals surface area contributed by atoms with Crippen LogP contribution in [0.4, 0.5) is 0 Å². The fourth-order valence-corrected chi connectivity index (χ4v) is 6.03. The Bertz CT molecular complexity index is 908. The van der Waals surface area contributed by atoms with Gasteiger partial charge in [-0.1, -0.05) is 36.4 Å². The Balaban J connectivity index is 1.71. The summed E-state index contributed by atoms with van der Waals surface area (Å²) in [7, 11) is -3.51. The minimum absolute atomic E-state index is 0.470. The Morgan fingerprint density at radius 2 is 1.54 bits per heavy atom. The SMILES string of the molecule is Cc1cc(C)c(C)c(S(=O)(=O)N2CC[NH+](C[C@H](O)c3ccccc3)CC2)c1C. The number of piperazine rings is 1. The second-order valence-corrected chi connectivity index (χ2v) is 9.75. The highest BCUT2D eigenvalue weighted by Gasteiger charge is 2.33. The first-order valence-corrected chi connectivity index (χ1v) is 11.3. The van der Waals surface area contributed by atoms with Crippen molar-refractivity contribution in [2.75, 3.05) is 32.7 Å². The average Bonchev–Trinajstić information content (AvgIpc) is 2.67. The van der Waals surface area contributed by atoms with Crippen LogP contribution in [-0.4, -0.2) is 50.6 Å². The van der Waals surface area contributed by atoms with Gasteiger partial charge in [0.25, 0.3) is 0 Å². The summed E-state index contributed by atoms with van der Waals surface area (Å²) in [6.45, 7) is 10.7. The summed E-state index contributed by atoms with van der Waals surface area (Å²) in [6, 6.07) is 11.7. The maximum Gasteiger partial charge on any atom is 0.244 e. The third kappa shape index (κ3) is 4.15. The lowest BCUT2D eigenvalue weighted by Gasteiger charge is -2.33. The molecule has 1 heterocycles. The lowest BCUT2D eigenvalue weighted by Crippen LogP contribution is -3.15. The first-order chi connectivity index (χ1) is 13.2. The molecule has 1 aliphatic rings. The Hall–Kier alpha value is -1.73. The summed E-state index contributed by atoms with van der Waals surface area (Å²) in [4.78, 5) is 1.70. The zero-order valence-electron chi connectivity index (χ0n) is 17.2. The van der Waals surface area contributed by atoms with Gasteiger partial charge in [-0.05, 0) is 55.5 Å². The van der Waals surface area contributed by atoms with Crippen LogP contribution in [0.25, 0.3) is 0 Å². The third-order valence-electron chi connectivity index (χ3n) is 5.99. The zero-order valence-corrected chi connectivity index (χ0v) is 18.0. The minimum Gasteiger partial charge on any atom is -0.382 e. The molecule has 0 spiro atoms. The van der Waals surface area contributed by atoms with E-state index in [1.165, 1.54) is 4.90 Å². The van der Waals surface area contributed by atoms with Gasteiger partial charge in [0.15, 0.2) is 0 Å². The topological polar surface area (TPSA) is 62.0 Å². The van der Waals surface area contributed by atoms with Crippen LogP contribution in [0.5, 0.6) is 0 Å². The first-order valence-electron chi connectivity index (χ1n) is 9.86.